The maximum atomic E-state index is 11.6. The lowest BCUT2D eigenvalue weighted by Gasteiger charge is -2.06. The van der Waals surface area contributed by atoms with Gasteiger partial charge in [-0.1, -0.05) is 31.7 Å². The van der Waals surface area contributed by atoms with Crippen molar-refractivity contribution in [1.29, 1.82) is 0 Å². The van der Waals surface area contributed by atoms with Gasteiger partial charge < -0.3 is 9.30 Å². The van der Waals surface area contributed by atoms with Gasteiger partial charge in [0, 0.05) is 6.54 Å². The third-order valence-corrected chi connectivity index (χ3v) is 3.75. The van der Waals surface area contributed by atoms with Crippen LogP contribution in [0.1, 0.15) is 30.1 Å². The summed E-state index contributed by atoms with van der Waals surface area (Å²) in [6.45, 7) is 6.82. The zero-order valence-corrected chi connectivity index (χ0v) is 12.6. The van der Waals surface area contributed by atoms with Crippen LogP contribution in [0, 0.1) is 0 Å². The summed E-state index contributed by atoms with van der Waals surface area (Å²) in [4.78, 5) is 16.1. The van der Waals surface area contributed by atoms with Gasteiger partial charge in [0.15, 0.2) is 5.16 Å². The zero-order valence-electron chi connectivity index (χ0n) is 11.8. The van der Waals surface area contributed by atoms with Crippen LogP contribution in [0.4, 0.5) is 0 Å². The first-order valence-corrected chi connectivity index (χ1v) is 7.45. The van der Waals surface area contributed by atoms with Crippen LogP contribution >= 0.6 is 11.8 Å². The van der Waals surface area contributed by atoms with Crippen LogP contribution in [0.25, 0.3) is 11.0 Å². The molecule has 0 fully saturated rings. The largest absolute Gasteiger partial charge is 0.465 e. The van der Waals surface area contributed by atoms with Crippen LogP contribution < -0.4 is 0 Å². The fourth-order valence-corrected chi connectivity index (χ4v) is 2.67. The van der Waals surface area contributed by atoms with Crippen molar-refractivity contribution < 1.29 is 9.53 Å². The molecule has 0 amide bonds. The van der Waals surface area contributed by atoms with Crippen molar-refractivity contribution in [2.45, 2.75) is 31.5 Å². The molecular formula is C15H18N2O2S. The molecule has 0 N–H and O–H groups in total. The van der Waals surface area contributed by atoms with Gasteiger partial charge >= 0.3 is 5.97 Å². The molecule has 0 radical (unpaired) electrons. The van der Waals surface area contributed by atoms with E-state index in [1.807, 2.05) is 6.07 Å². The van der Waals surface area contributed by atoms with Crippen molar-refractivity contribution in [3.63, 3.8) is 0 Å². The lowest BCUT2D eigenvalue weighted by atomic mass is 10.2. The lowest BCUT2D eigenvalue weighted by Crippen LogP contribution is -2.01. The van der Waals surface area contributed by atoms with E-state index in [1.165, 1.54) is 18.9 Å². The van der Waals surface area contributed by atoms with E-state index in [4.69, 9.17) is 4.74 Å². The molecule has 0 saturated heterocycles. The summed E-state index contributed by atoms with van der Waals surface area (Å²) in [5, 5.41) is 2.68. The third kappa shape index (κ3) is 2.88. The summed E-state index contributed by atoms with van der Waals surface area (Å²) in [6.07, 6.45) is 2.22. The number of carbonyl (C=O) groups excluding carboxylic acids is 1. The number of benzene rings is 1. The molecular weight excluding hydrogens is 272 g/mol. The molecule has 106 valence electrons. The molecule has 1 aromatic heterocycles. The minimum absolute atomic E-state index is 0.340. The lowest BCUT2D eigenvalue weighted by molar-refractivity contribution is 0.0601. The summed E-state index contributed by atoms with van der Waals surface area (Å²) in [5.41, 5.74) is 2.37. The normalized spacial score (nSPS) is 10.7. The van der Waals surface area contributed by atoms with Crippen molar-refractivity contribution in [2.24, 2.45) is 0 Å². The smallest absolute Gasteiger partial charge is 0.337 e. The van der Waals surface area contributed by atoms with E-state index in [0.717, 1.165) is 35.6 Å². The monoisotopic (exact) mass is 290 g/mol. The number of thioether (sulfide) groups is 1. The van der Waals surface area contributed by atoms with Gasteiger partial charge in [0.05, 0.1) is 23.7 Å². The fraction of sp³-hybridized carbons (Fsp3) is 0.333. The van der Waals surface area contributed by atoms with Crippen LogP contribution in [-0.4, -0.2) is 22.6 Å². The number of carbonyl (C=O) groups is 1. The molecule has 2 rings (SSSR count). The van der Waals surface area contributed by atoms with Gasteiger partial charge in [-0.25, -0.2) is 9.78 Å². The highest BCUT2D eigenvalue weighted by atomic mass is 32.2. The number of hydrogen-bond donors (Lipinski definition) is 0. The van der Waals surface area contributed by atoms with Gasteiger partial charge in [-0.15, -0.1) is 0 Å². The quantitative estimate of drug-likeness (QED) is 0.598. The van der Waals surface area contributed by atoms with Crippen LogP contribution in [0.5, 0.6) is 0 Å². The Morgan fingerprint density at radius 2 is 2.35 bits per heavy atom. The molecule has 5 heteroatoms. The Balaban J connectivity index is 2.49. The molecule has 2 aromatic rings. The number of methoxy groups -OCH3 is 1. The SMILES string of the molecule is C=CSc1nc2cc(C(=O)OC)ccc2n1CCCC. The Hall–Kier alpha value is -1.75. The molecule has 0 atom stereocenters. The molecule has 1 heterocycles. The van der Waals surface area contributed by atoms with Gasteiger partial charge in [0.1, 0.15) is 0 Å². The number of nitrogens with zero attached hydrogens (tertiary/aromatic N) is 2. The third-order valence-electron chi connectivity index (χ3n) is 3.06. The van der Waals surface area contributed by atoms with Crippen LogP contribution in [0.2, 0.25) is 0 Å². The van der Waals surface area contributed by atoms with Gasteiger partial charge in [-0.3, -0.25) is 0 Å². The number of ether oxygens (including phenoxy) is 1. The Labute approximate surface area is 122 Å². The van der Waals surface area contributed by atoms with E-state index in [1.54, 1.807) is 17.5 Å². The van der Waals surface area contributed by atoms with Crippen LogP contribution in [0.3, 0.4) is 0 Å². The molecule has 0 aliphatic heterocycles. The Kier molecular flexibility index (Phi) is 4.84. The Morgan fingerprint density at radius 1 is 1.55 bits per heavy atom. The molecule has 0 saturated carbocycles. The first-order chi connectivity index (χ1) is 9.71. The minimum atomic E-state index is -0.340. The number of unbranched alkanes of at least 4 members (excludes halogenated alkanes) is 1. The summed E-state index contributed by atoms with van der Waals surface area (Å²) < 4.78 is 6.91. The number of esters is 1. The molecule has 0 aliphatic carbocycles. The second kappa shape index (κ2) is 6.61. The number of aryl methyl sites for hydroxylation is 1. The molecule has 0 bridgehead atoms. The van der Waals surface area contributed by atoms with Gasteiger partial charge in [0.2, 0.25) is 0 Å². The van der Waals surface area contributed by atoms with Crippen molar-refractivity contribution in [3.05, 3.63) is 35.7 Å². The number of fused-ring (bicyclic) bond motifs is 1. The van der Waals surface area contributed by atoms with Crippen molar-refractivity contribution in [2.75, 3.05) is 7.11 Å². The maximum Gasteiger partial charge on any atom is 0.337 e. The number of aromatic nitrogens is 2. The Bertz CT molecular complexity index is 634. The van der Waals surface area contributed by atoms with E-state index in [0.29, 0.717) is 5.56 Å². The highest BCUT2D eigenvalue weighted by Gasteiger charge is 2.13. The molecule has 20 heavy (non-hydrogen) atoms. The standard InChI is InChI=1S/C15H18N2O2S/c1-4-6-9-17-13-8-7-11(14(18)19-3)10-12(13)16-15(17)20-5-2/h5,7-8,10H,2,4,6,9H2,1,3H3. The molecule has 0 aliphatic rings. The first kappa shape index (κ1) is 14.7. The predicted octanol–water partition coefficient (Wildman–Crippen LogP) is 3.86. The summed E-state index contributed by atoms with van der Waals surface area (Å²) in [5.74, 6) is -0.340. The van der Waals surface area contributed by atoms with Crippen molar-refractivity contribution in [1.82, 2.24) is 9.55 Å². The molecule has 0 spiro atoms. The predicted molar refractivity (Wildman–Crippen MR) is 82.0 cm³/mol. The highest BCUT2D eigenvalue weighted by Crippen LogP contribution is 2.26. The second-order valence-electron chi connectivity index (χ2n) is 4.38. The summed E-state index contributed by atoms with van der Waals surface area (Å²) >= 11 is 1.50. The van der Waals surface area contributed by atoms with Crippen LogP contribution in [0.15, 0.2) is 35.3 Å². The topological polar surface area (TPSA) is 44.1 Å². The highest BCUT2D eigenvalue weighted by molar-refractivity contribution is 8.02. The van der Waals surface area contributed by atoms with E-state index in [9.17, 15) is 4.79 Å². The zero-order chi connectivity index (χ0) is 14.5. The maximum absolute atomic E-state index is 11.6. The molecule has 1 aromatic carbocycles. The van der Waals surface area contributed by atoms with Gasteiger partial charge in [-0.2, -0.15) is 0 Å². The number of hydrogen-bond acceptors (Lipinski definition) is 4. The minimum Gasteiger partial charge on any atom is -0.465 e. The van der Waals surface area contributed by atoms with E-state index in [2.05, 4.69) is 23.1 Å². The summed E-state index contributed by atoms with van der Waals surface area (Å²) in [6, 6.07) is 5.48. The number of rotatable bonds is 6. The van der Waals surface area contributed by atoms with E-state index < -0.39 is 0 Å². The fourth-order valence-electron chi connectivity index (χ4n) is 2.05. The first-order valence-electron chi connectivity index (χ1n) is 6.57. The van der Waals surface area contributed by atoms with Crippen molar-refractivity contribution in [3.8, 4) is 0 Å². The number of imidazole rings is 1. The van der Waals surface area contributed by atoms with Crippen LogP contribution in [-0.2, 0) is 11.3 Å². The van der Waals surface area contributed by atoms with E-state index in [-0.39, 0.29) is 5.97 Å². The Morgan fingerprint density at radius 3 is 3.00 bits per heavy atom. The van der Waals surface area contributed by atoms with Gasteiger partial charge in [-0.05, 0) is 30.0 Å². The van der Waals surface area contributed by atoms with Gasteiger partial charge in [0.25, 0.3) is 0 Å². The molecule has 4 nitrogen and oxygen atoms in total. The molecule has 0 unspecified atom stereocenters. The van der Waals surface area contributed by atoms with E-state index >= 15 is 0 Å². The average Bonchev–Trinajstić information content (AvgIpc) is 2.81. The summed E-state index contributed by atoms with van der Waals surface area (Å²) in [7, 11) is 1.38. The average molecular weight is 290 g/mol. The van der Waals surface area contributed by atoms with Crippen molar-refractivity contribution >= 4 is 28.8 Å². The second-order valence-corrected chi connectivity index (χ2v) is 5.31.